The van der Waals surface area contributed by atoms with E-state index in [1.807, 2.05) is 48.3 Å². The smallest absolute Gasteiger partial charge is 0.254 e. The number of hydrogen-bond donors (Lipinski definition) is 0. The van der Waals surface area contributed by atoms with Crippen molar-refractivity contribution >= 4 is 5.91 Å². The molecule has 0 spiro atoms. The van der Waals surface area contributed by atoms with E-state index >= 15 is 0 Å². The monoisotopic (exact) mass is 338 g/mol. The summed E-state index contributed by atoms with van der Waals surface area (Å²) in [4.78, 5) is 17.6. The number of likely N-dealkylation sites (tertiary alicyclic amines) is 2. The second-order valence-corrected chi connectivity index (χ2v) is 7.41. The Bertz CT molecular complexity index is 751. The fraction of sp³-hybridized carbons (Fsp3) is 0.500. The maximum atomic E-state index is 13.1. The highest BCUT2D eigenvalue weighted by atomic mass is 16.2. The van der Waals surface area contributed by atoms with Crippen LogP contribution in [0.2, 0.25) is 0 Å². The molecule has 2 aromatic rings. The van der Waals surface area contributed by atoms with Crippen LogP contribution in [-0.4, -0.2) is 57.7 Å². The summed E-state index contributed by atoms with van der Waals surface area (Å²) in [6, 6.07) is 8.72. The standard InChI is InChI=1S/C20H26N4O/c1-15-13-21-24(14-15)17-9-7-16(8-10-17)20(25)23-12-4-6-19(23)18-5-3-11-22(18)2/h7-10,13-14,18-19H,3-6,11-12H2,1-2H3/t18-,19-/m1/s1. The first kappa shape index (κ1) is 16.3. The van der Waals surface area contributed by atoms with Crippen molar-refractivity contribution in [3.8, 4) is 5.69 Å². The molecule has 0 radical (unpaired) electrons. The van der Waals surface area contributed by atoms with E-state index in [9.17, 15) is 4.79 Å². The zero-order chi connectivity index (χ0) is 17.4. The lowest BCUT2D eigenvalue weighted by atomic mass is 10.0. The Morgan fingerprint density at radius 1 is 1.08 bits per heavy atom. The summed E-state index contributed by atoms with van der Waals surface area (Å²) >= 11 is 0. The van der Waals surface area contributed by atoms with Gasteiger partial charge < -0.3 is 9.80 Å². The van der Waals surface area contributed by atoms with E-state index in [4.69, 9.17) is 0 Å². The van der Waals surface area contributed by atoms with Crippen molar-refractivity contribution in [2.75, 3.05) is 20.1 Å². The summed E-state index contributed by atoms with van der Waals surface area (Å²) in [6.45, 7) is 4.06. The van der Waals surface area contributed by atoms with E-state index in [-0.39, 0.29) is 5.91 Å². The maximum Gasteiger partial charge on any atom is 0.254 e. The van der Waals surface area contributed by atoms with Crippen molar-refractivity contribution in [3.63, 3.8) is 0 Å². The summed E-state index contributed by atoms with van der Waals surface area (Å²) in [5.74, 6) is 0.172. The highest BCUT2D eigenvalue weighted by Crippen LogP contribution is 2.30. The third-order valence-corrected chi connectivity index (χ3v) is 5.67. The molecule has 2 fully saturated rings. The van der Waals surface area contributed by atoms with E-state index in [0.717, 1.165) is 42.7 Å². The van der Waals surface area contributed by atoms with Gasteiger partial charge in [0.2, 0.25) is 0 Å². The lowest BCUT2D eigenvalue weighted by molar-refractivity contribution is 0.0664. The average Bonchev–Trinajstić information content (AvgIpc) is 3.35. The Hall–Kier alpha value is -2.14. The fourth-order valence-corrected chi connectivity index (χ4v) is 4.34. The van der Waals surface area contributed by atoms with E-state index in [1.54, 1.807) is 0 Å². The molecule has 5 nitrogen and oxygen atoms in total. The molecule has 132 valence electrons. The van der Waals surface area contributed by atoms with Gasteiger partial charge in [0.25, 0.3) is 5.91 Å². The molecule has 3 heterocycles. The third-order valence-electron chi connectivity index (χ3n) is 5.67. The Morgan fingerprint density at radius 2 is 1.80 bits per heavy atom. The molecule has 0 unspecified atom stereocenters. The molecular formula is C20H26N4O. The van der Waals surface area contributed by atoms with Gasteiger partial charge in [-0.3, -0.25) is 4.79 Å². The zero-order valence-electron chi connectivity index (χ0n) is 15.1. The summed E-state index contributed by atoms with van der Waals surface area (Å²) < 4.78 is 1.84. The van der Waals surface area contributed by atoms with Crippen molar-refractivity contribution in [1.82, 2.24) is 19.6 Å². The van der Waals surface area contributed by atoms with Crippen molar-refractivity contribution in [1.29, 1.82) is 0 Å². The van der Waals surface area contributed by atoms with E-state index in [1.165, 1.54) is 12.8 Å². The highest BCUT2D eigenvalue weighted by Gasteiger charge is 2.38. The molecule has 2 aliphatic rings. The van der Waals surface area contributed by atoms with E-state index in [0.29, 0.717) is 12.1 Å². The van der Waals surface area contributed by atoms with Crippen LogP contribution in [0.4, 0.5) is 0 Å². The molecule has 2 aliphatic heterocycles. The predicted molar refractivity (Wildman–Crippen MR) is 98.0 cm³/mol. The molecule has 2 saturated heterocycles. The number of benzene rings is 1. The molecule has 1 amide bonds. The number of carbonyl (C=O) groups is 1. The topological polar surface area (TPSA) is 41.4 Å². The summed E-state index contributed by atoms with van der Waals surface area (Å²) in [5.41, 5.74) is 2.89. The molecule has 2 atom stereocenters. The molecule has 0 bridgehead atoms. The molecule has 0 saturated carbocycles. The summed E-state index contributed by atoms with van der Waals surface area (Å²) in [5, 5.41) is 4.33. The van der Waals surface area contributed by atoms with Gasteiger partial charge in [0.1, 0.15) is 0 Å². The van der Waals surface area contributed by atoms with Gasteiger partial charge in [0, 0.05) is 30.4 Å². The van der Waals surface area contributed by atoms with Crippen LogP contribution in [0.15, 0.2) is 36.7 Å². The predicted octanol–water partition coefficient (Wildman–Crippen LogP) is 2.88. The minimum absolute atomic E-state index is 0.172. The number of aryl methyl sites for hydroxylation is 1. The third kappa shape index (κ3) is 3.09. The van der Waals surface area contributed by atoms with Gasteiger partial charge in [-0.1, -0.05) is 0 Å². The number of carbonyl (C=O) groups excluding carboxylic acids is 1. The van der Waals surface area contributed by atoms with Crippen LogP contribution in [0.5, 0.6) is 0 Å². The van der Waals surface area contributed by atoms with Crippen molar-refractivity contribution in [2.24, 2.45) is 0 Å². The average molecular weight is 338 g/mol. The molecule has 5 heteroatoms. The van der Waals surface area contributed by atoms with Gasteiger partial charge in [-0.05, 0) is 76.0 Å². The van der Waals surface area contributed by atoms with E-state index < -0.39 is 0 Å². The first-order valence-corrected chi connectivity index (χ1v) is 9.26. The van der Waals surface area contributed by atoms with Crippen LogP contribution >= 0.6 is 0 Å². The molecule has 1 aromatic heterocycles. The first-order valence-electron chi connectivity index (χ1n) is 9.26. The summed E-state index contributed by atoms with van der Waals surface area (Å²) in [6.07, 6.45) is 8.53. The van der Waals surface area contributed by atoms with Crippen LogP contribution in [0, 0.1) is 6.92 Å². The Labute approximate surface area is 149 Å². The molecule has 1 aromatic carbocycles. The minimum atomic E-state index is 0.172. The lowest BCUT2D eigenvalue weighted by Gasteiger charge is -2.33. The number of nitrogens with zero attached hydrogens (tertiary/aromatic N) is 4. The molecular weight excluding hydrogens is 312 g/mol. The van der Waals surface area contributed by atoms with Gasteiger partial charge in [-0.15, -0.1) is 0 Å². The van der Waals surface area contributed by atoms with Gasteiger partial charge in [-0.25, -0.2) is 4.68 Å². The lowest BCUT2D eigenvalue weighted by Crippen LogP contribution is -2.47. The Balaban J connectivity index is 1.52. The molecule has 0 N–H and O–H groups in total. The second-order valence-electron chi connectivity index (χ2n) is 7.41. The van der Waals surface area contributed by atoms with Gasteiger partial charge in [0.05, 0.1) is 11.9 Å². The molecule has 25 heavy (non-hydrogen) atoms. The number of likely N-dealkylation sites (N-methyl/N-ethyl adjacent to an activating group) is 1. The highest BCUT2D eigenvalue weighted by molar-refractivity contribution is 5.94. The van der Waals surface area contributed by atoms with E-state index in [2.05, 4.69) is 21.9 Å². The largest absolute Gasteiger partial charge is 0.334 e. The zero-order valence-corrected chi connectivity index (χ0v) is 15.1. The van der Waals surface area contributed by atoms with Gasteiger partial charge in [-0.2, -0.15) is 5.10 Å². The van der Waals surface area contributed by atoms with Crippen molar-refractivity contribution < 1.29 is 4.79 Å². The number of amides is 1. The maximum absolute atomic E-state index is 13.1. The Kier molecular flexibility index (Phi) is 4.34. The number of aromatic nitrogens is 2. The first-order chi connectivity index (χ1) is 12.1. The van der Waals surface area contributed by atoms with Crippen molar-refractivity contribution in [3.05, 3.63) is 47.8 Å². The number of rotatable bonds is 3. The van der Waals surface area contributed by atoms with Crippen LogP contribution in [0.1, 0.15) is 41.6 Å². The van der Waals surface area contributed by atoms with Crippen LogP contribution in [0.25, 0.3) is 5.69 Å². The normalized spacial score (nSPS) is 24.2. The van der Waals surface area contributed by atoms with Crippen LogP contribution in [-0.2, 0) is 0 Å². The number of hydrogen-bond acceptors (Lipinski definition) is 3. The van der Waals surface area contributed by atoms with Crippen LogP contribution < -0.4 is 0 Å². The SMILES string of the molecule is Cc1cnn(-c2ccc(C(=O)N3CCC[C@@H]3[C@H]3CCCN3C)cc2)c1. The summed E-state index contributed by atoms with van der Waals surface area (Å²) in [7, 11) is 2.19. The second kappa shape index (κ2) is 6.64. The Morgan fingerprint density at radius 3 is 2.44 bits per heavy atom. The van der Waals surface area contributed by atoms with Gasteiger partial charge >= 0.3 is 0 Å². The molecule has 0 aliphatic carbocycles. The quantitative estimate of drug-likeness (QED) is 0.864. The van der Waals surface area contributed by atoms with Crippen LogP contribution in [0.3, 0.4) is 0 Å². The minimum Gasteiger partial charge on any atom is -0.334 e. The van der Waals surface area contributed by atoms with Gasteiger partial charge in [0.15, 0.2) is 0 Å². The molecule has 4 rings (SSSR count). The fourth-order valence-electron chi connectivity index (χ4n) is 4.34. The van der Waals surface area contributed by atoms with Crippen molar-refractivity contribution in [2.45, 2.75) is 44.7 Å².